The highest BCUT2D eigenvalue weighted by Crippen LogP contribution is 2.25. The summed E-state index contributed by atoms with van der Waals surface area (Å²) in [6.07, 6.45) is 7.26. The zero-order valence-electron chi connectivity index (χ0n) is 15.1. The number of hydrogen-bond acceptors (Lipinski definition) is 4. The van der Waals surface area contributed by atoms with Crippen molar-refractivity contribution in [3.05, 3.63) is 52.6 Å². The maximum absolute atomic E-state index is 12.9. The third kappa shape index (κ3) is 3.63. The molecule has 1 aromatic carbocycles. The first-order valence-electron chi connectivity index (χ1n) is 9.35. The van der Waals surface area contributed by atoms with Crippen molar-refractivity contribution in [3.8, 4) is 11.3 Å². The quantitative estimate of drug-likeness (QED) is 0.895. The Balaban J connectivity index is 1.49. The molecule has 0 bridgehead atoms. The number of H-pyrrole nitrogens is 1. The Morgan fingerprint density at radius 2 is 1.93 bits per heavy atom. The fourth-order valence-electron chi connectivity index (χ4n) is 3.99. The first kappa shape index (κ1) is 17.5. The second kappa shape index (κ2) is 7.34. The first-order valence-corrected chi connectivity index (χ1v) is 9.35. The Morgan fingerprint density at radius 3 is 2.67 bits per heavy atom. The lowest BCUT2D eigenvalue weighted by Crippen LogP contribution is -2.54. The fraction of sp³-hybridized carbons (Fsp3) is 0.400. The molecule has 0 spiro atoms. The SMILES string of the molecule is O=C(c1cccc(-c2cncc(=O)[nH]2)c1)N1CCN(C2CCCC2)C(=O)C1. The van der Waals surface area contributed by atoms with Crippen LogP contribution in [0.4, 0.5) is 0 Å². The fourth-order valence-corrected chi connectivity index (χ4v) is 3.99. The molecule has 1 saturated carbocycles. The van der Waals surface area contributed by atoms with Crippen LogP contribution < -0.4 is 5.56 Å². The van der Waals surface area contributed by atoms with Crippen LogP contribution in [-0.2, 0) is 4.79 Å². The topological polar surface area (TPSA) is 86.4 Å². The number of carbonyl (C=O) groups excluding carboxylic acids is 2. The van der Waals surface area contributed by atoms with Crippen molar-refractivity contribution in [2.75, 3.05) is 19.6 Å². The lowest BCUT2D eigenvalue weighted by molar-refractivity contribution is -0.137. The molecular formula is C20H22N4O3. The van der Waals surface area contributed by atoms with Gasteiger partial charge in [-0.2, -0.15) is 0 Å². The highest BCUT2D eigenvalue weighted by molar-refractivity contribution is 5.98. The van der Waals surface area contributed by atoms with E-state index >= 15 is 0 Å². The number of nitrogens with zero attached hydrogens (tertiary/aromatic N) is 3. The van der Waals surface area contributed by atoms with Crippen molar-refractivity contribution in [1.82, 2.24) is 19.8 Å². The van der Waals surface area contributed by atoms with Crippen molar-refractivity contribution >= 4 is 11.8 Å². The molecule has 27 heavy (non-hydrogen) atoms. The zero-order valence-corrected chi connectivity index (χ0v) is 15.1. The summed E-state index contributed by atoms with van der Waals surface area (Å²) in [6, 6.07) is 7.38. The molecule has 2 aromatic rings. The lowest BCUT2D eigenvalue weighted by atomic mass is 10.1. The lowest BCUT2D eigenvalue weighted by Gasteiger charge is -2.37. The minimum Gasteiger partial charge on any atom is -0.336 e. The molecule has 7 heteroatoms. The number of hydrogen-bond donors (Lipinski definition) is 1. The Bertz CT molecular complexity index is 917. The zero-order chi connectivity index (χ0) is 18.8. The van der Waals surface area contributed by atoms with E-state index in [-0.39, 0.29) is 23.9 Å². The molecule has 1 aromatic heterocycles. The van der Waals surface area contributed by atoms with Gasteiger partial charge >= 0.3 is 0 Å². The van der Waals surface area contributed by atoms with Gasteiger partial charge in [-0.1, -0.05) is 25.0 Å². The van der Waals surface area contributed by atoms with Crippen molar-refractivity contribution in [2.24, 2.45) is 0 Å². The summed E-state index contributed by atoms with van der Waals surface area (Å²) in [6.45, 7) is 1.28. The molecule has 2 heterocycles. The maximum atomic E-state index is 12.9. The molecule has 1 aliphatic carbocycles. The smallest absolute Gasteiger partial charge is 0.266 e. The molecule has 1 N–H and O–H groups in total. The molecule has 140 valence electrons. The van der Waals surface area contributed by atoms with Gasteiger partial charge in [0.25, 0.3) is 11.5 Å². The van der Waals surface area contributed by atoms with Gasteiger partial charge in [0.15, 0.2) is 0 Å². The number of aromatic amines is 1. The summed E-state index contributed by atoms with van der Waals surface area (Å²) in [5, 5.41) is 0. The predicted molar refractivity (Wildman–Crippen MR) is 100 cm³/mol. The molecule has 1 aliphatic heterocycles. The minimum absolute atomic E-state index is 0.0363. The average molecular weight is 366 g/mol. The molecule has 0 unspecified atom stereocenters. The Kier molecular flexibility index (Phi) is 4.75. The monoisotopic (exact) mass is 366 g/mol. The van der Waals surface area contributed by atoms with E-state index in [0.717, 1.165) is 12.8 Å². The van der Waals surface area contributed by atoms with E-state index in [0.29, 0.717) is 36.0 Å². The molecule has 2 fully saturated rings. The average Bonchev–Trinajstić information content (AvgIpc) is 3.22. The van der Waals surface area contributed by atoms with Crippen LogP contribution in [0, 0.1) is 0 Å². The molecule has 2 amide bonds. The van der Waals surface area contributed by atoms with E-state index < -0.39 is 0 Å². The standard InChI is InChI=1S/C20H22N4O3/c25-18-12-21-11-17(22-18)14-4-3-5-15(10-14)20(27)23-8-9-24(19(26)13-23)16-6-1-2-7-16/h3-5,10-12,16H,1-2,6-9,13H2,(H,22,25). The number of nitrogens with one attached hydrogen (secondary N) is 1. The van der Waals surface area contributed by atoms with Gasteiger partial charge in [0, 0.05) is 30.3 Å². The van der Waals surface area contributed by atoms with Crippen LogP contribution in [0.25, 0.3) is 11.3 Å². The Hall–Kier alpha value is -2.96. The van der Waals surface area contributed by atoms with Crippen molar-refractivity contribution < 1.29 is 9.59 Å². The first-order chi connectivity index (χ1) is 13.1. The van der Waals surface area contributed by atoms with Crippen LogP contribution in [0.2, 0.25) is 0 Å². The summed E-state index contributed by atoms with van der Waals surface area (Å²) in [7, 11) is 0. The summed E-state index contributed by atoms with van der Waals surface area (Å²) in [4.78, 5) is 47.1. The normalized spacial score (nSPS) is 18.1. The summed E-state index contributed by atoms with van der Waals surface area (Å²) < 4.78 is 0. The van der Waals surface area contributed by atoms with Crippen molar-refractivity contribution in [2.45, 2.75) is 31.7 Å². The van der Waals surface area contributed by atoms with E-state index in [2.05, 4.69) is 9.97 Å². The molecule has 4 rings (SSSR count). The largest absolute Gasteiger partial charge is 0.336 e. The third-order valence-electron chi connectivity index (χ3n) is 5.38. The summed E-state index contributed by atoms with van der Waals surface area (Å²) in [5.74, 6) is -0.128. The number of benzene rings is 1. The number of amides is 2. The highest BCUT2D eigenvalue weighted by Gasteiger charge is 2.33. The molecule has 0 radical (unpaired) electrons. The second-order valence-electron chi connectivity index (χ2n) is 7.14. The molecule has 1 saturated heterocycles. The van der Waals surface area contributed by atoms with Gasteiger partial charge in [0.1, 0.15) is 6.54 Å². The Labute approximate surface area is 157 Å². The van der Waals surface area contributed by atoms with E-state index in [9.17, 15) is 14.4 Å². The maximum Gasteiger partial charge on any atom is 0.266 e. The van der Waals surface area contributed by atoms with Crippen molar-refractivity contribution in [1.29, 1.82) is 0 Å². The van der Waals surface area contributed by atoms with Crippen LogP contribution in [0.3, 0.4) is 0 Å². The van der Waals surface area contributed by atoms with E-state index in [4.69, 9.17) is 0 Å². The van der Waals surface area contributed by atoms with Gasteiger partial charge in [-0.25, -0.2) is 0 Å². The number of aromatic nitrogens is 2. The van der Waals surface area contributed by atoms with Crippen LogP contribution in [0.5, 0.6) is 0 Å². The molecule has 2 aliphatic rings. The molecule has 7 nitrogen and oxygen atoms in total. The summed E-state index contributed by atoms with van der Waals surface area (Å²) in [5.41, 5.74) is 1.47. The van der Waals surface area contributed by atoms with Crippen LogP contribution >= 0.6 is 0 Å². The predicted octanol–water partition coefficient (Wildman–Crippen LogP) is 1.66. The van der Waals surface area contributed by atoms with Gasteiger partial charge in [-0.3, -0.25) is 19.4 Å². The number of piperazine rings is 1. The minimum atomic E-state index is -0.294. The Morgan fingerprint density at radius 1 is 1.11 bits per heavy atom. The van der Waals surface area contributed by atoms with Gasteiger partial charge < -0.3 is 14.8 Å². The van der Waals surface area contributed by atoms with Crippen molar-refractivity contribution in [3.63, 3.8) is 0 Å². The van der Waals surface area contributed by atoms with Gasteiger partial charge in [-0.05, 0) is 25.0 Å². The van der Waals surface area contributed by atoms with Crippen LogP contribution in [-0.4, -0.2) is 57.3 Å². The van der Waals surface area contributed by atoms with Gasteiger partial charge in [-0.15, -0.1) is 0 Å². The second-order valence-corrected chi connectivity index (χ2v) is 7.14. The number of rotatable bonds is 3. The van der Waals surface area contributed by atoms with E-state index in [1.54, 1.807) is 29.3 Å². The van der Waals surface area contributed by atoms with E-state index in [1.165, 1.54) is 19.0 Å². The van der Waals surface area contributed by atoms with Gasteiger partial charge in [0.05, 0.1) is 18.1 Å². The van der Waals surface area contributed by atoms with Crippen LogP contribution in [0.15, 0.2) is 41.5 Å². The third-order valence-corrected chi connectivity index (χ3v) is 5.38. The summed E-state index contributed by atoms with van der Waals surface area (Å²) >= 11 is 0. The molecule has 0 atom stereocenters. The van der Waals surface area contributed by atoms with Gasteiger partial charge in [0.2, 0.25) is 5.91 Å². The van der Waals surface area contributed by atoms with E-state index in [1.807, 2.05) is 11.0 Å². The molecular weight excluding hydrogens is 344 g/mol. The number of carbonyl (C=O) groups is 2. The van der Waals surface area contributed by atoms with Crippen LogP contribution in [0.1, 0.15) is 36.0 Å². The highest BCUT2D eigenvalue weighted by atomic mass is 16.2.